The van der Waals surface area contributed by atoms with E-state index in [0.29, 0.717) is 0 Å². The van der Waals surface area contributed by atoms with E-state index in [9.17, 15) is 0 Å². The molecule has 0 aromatic heterocycles. The molecule has 0 aliphatic carbocycles. The van der Waals surface area contributed by atoms with Gasteiger partial charge in [0.05, 0.1) is 0 Å². The van der Waals surface area contributed by atoms with Gasteiger partial charge in [-0.15, -0.1) is 0 Å². The number of rotatable bonds is 4. The van der Waals surface area contributed by atoms with Crippen molar-refractivity contribution in [3.63, 3.8) is 0 Å². The van der Waals surface area contributed by atoms with Gasteiger partial charge in [0.15, 0.2) is 0 Å². The molecule has 1 heterocycles. The SMILES string of the molecule is CCC1CCC(C)N(CC(C)=Cc2ccc(C(C)(C)C)cc2)C1. The smallest absolute Gasteiger partial charge is 0.0196 e. The zero-order chi connectivity index (χ0) is 17.0. The normalized spacial score (nSPS) is 24.0. The number of piperidine rings is 1. The number of likely N-dealkylation sites (tertiary alicyclic amines) is 1. The number of hydrogen-bond acceptors (Lipinski definition) is 1. The van der Waals surface area contributed by atoms with Crippen LogP contribution in [0.15, 0.2) is 29.8 Å². The van der Waals surface area contributed by atoms with Crippen LogP contribution >= 0.6 is 0 Å². The fourth-order valence-corrected chi connectivity index (χ4v) is 3.55. The molecule has 1 saturated heterocycles. The summed E-state index contributed by atoms with van der Waals surface area (Å²) in [5.41, 5.74) is 4.43. The van der Waals surface area contributed by atoms with Crippen LogP contribution in [0.1, 0.15) is 71.9 Å². The van der Waals surface area contributed by atoms with Gasteiger partial charge >= 0.3 is 0 Å². The van der Waals surface area contributed by atoms with Gasteiger partial charge in [-0.3, -0.25) is 4.90 Å². The molecule has 1 fully saturated rings. The van der Waals surface area contributed by atoms with Gasteiger partial charge < -0.3 is 0 Å². The molecule has 0 saturated carbocycles. The lowest BCUT2D eigenvalue weighted by Crippen LogP contribution is -2.42. The van der Waals surface area contributed by atoms with Crippen molar-refractivity contribution in [2.24, 2.45) is 5.92 Å². The molecular formula is C22H35N. The highest BCUT2D eigenvalue weighted by Gasteiger charge is 2.24. The van der Waals surface area contributed by atoms with Crippen LogP contribution < -0.4 is 0 Å². The first-order valence-electron chi connectivity index (χ1n) is 9.31. The average molecular weight is 314 g/mol. The molecule has 0 bridgehead atoms. The highest BCUT2D eigenvalue weighted by atomic mass is 15.2. The third-order valence-corrected chi connectivity index (χ3v) is 5.33. The van der Waals surface area contributed by atoms with E-state index in [4.69, 9.17) is 0 Å². The summed E-state index contributed by atoms with van der Waals surface area (Å²) in [5.74, 6) is 0.894. The highest BCUT2D eigenvalue weighted by Crippen LogP contribution is 2.26. The van der Waals surface area contributed by atoms with Gasteiger partial charge in [0.25, 0.3) is 0 Å². The standard InChI is InChI=1S/C22H35N/c1-7-19-9-8-18(3)23(16-19)15-17(2)14-20-10-12-21(13-11-20)22(4,5)6/h10-14,18-19H,7-9,15-16H2,1-6H3. The summed E-state index contributed by atoms with van der Waals surface area (Å²) < 4.78 is 0. The van der Waals surface area contributed by atoms with Crippen molar-refractivity contribution in [2.75, 3.05) is 13.1 Å². The van der Waals surface area contributed by atoms with E-state index < -0.39 is 0 Å². The monoisotopic (exact) mass is 313 g/mol. The second-order valence-corrected chi connectivity index (χ2v) is 8.49. The molecule has 2 unspecified atom stereocenters. The van der Waals surface area contributed by atoms with Crippen LogP contribution in [0.2, 0.25) is 0 Å². The first-order valence-corrected chi connectivity index (χ1v) is 9.31. The molecule has 1 heteroatoms. The first kappa shape index (κ1) is 18.3. The van der Waals surface area contributed by atoms with E-state index in [1.165, 1.54) is 42.5 Å². The van der Waals surface area contributed by atoms with Gasteiger partial charge in [0.2, 0.25) is 0 Å². The minimum absolute atomic E-state index is 0.232. The average Bonchev–Trinajstić information content (AvgIpc) is 2.49. The maximum atomic E-state index is 2.67. The number of nitrogens with zero attached hydrogens (tertiary/aromatic N) is 1. The zero-order valence-corrected chi connectivity index (χ0v) is 16.0. The van der Waals surface area contributed by atoms with E-state index in [2.05, 4.69) is 76.8 Å². The largest absolute Gasteiger partial charge is 0.296 e. The van der Waals surface area contributed by atoms with E-state index in [1.807, 2.05) is 0 Å². The van der Waals surface area contributed by atoms with Crippen molar-refractivity contribution < 1.29 is 0 Å². The van der Waals surface area contributed by atoms with E-state index >= 15 is 0 Å². The summed E-state index contributed by atoms with van der Waals surface area (Å²) in [6, 6.07) is 9.80. The van der Waals surface area contributed by atoms with Crippen molar-refractivity contribution in [1.29, 1.82) is 0 Å². The molecule has 2 rings (SSSR count). The minimum Gasteiger partial charge on any atom is -0.296 e. The van der Waals surface area contributed by atoms with Crippen LogP contribution in [-0.2, 0) is 5.41 Å². The van der Waals surface area contributed by atoms with Crippen molar-refractivity contribution in [3.05, 3.63) is 41.0 Å². The molecule has 128 valence electrons. The van der Waals surface area contributed by atoms with E-state index in [-0.39, 0.29) is 5.41 Å². The molecule has 0 N–H and O–H groups in total. The van der Waals surface area contributed by atoms with Crippen LogP contribution in [0.4, 0.5) is 0 Å². The molecule has 0 amide bonds. The Kier molecular flexibility index (Phi) is 6.08. The summed E-state index contributed by atoms with van der Waals surface area (Å²) in [6.07, 6.45) is 6.44. The second kappa shape index (κ2) is 7.66. The second-order valence-electron chi connectivity index (χ2n) is 8.49. The van der Waals surface area contributed by atoms with Crippen molar-refractivity contribution >= 4 is 6.08 Å². The summed E-state index contributed by atoms with van der Waals surface area (Å²) in [4.78, 5) is 2.67. The lowest BCUT2D eigenvalue weighted by atomic mass is 9.86. The van der Waals surface area contributed by atoms with Crippen LogP contribution in [0.5, 0.6) is 0 Å². The molecule has 0 radical (unpaired) electrons. The Morgan fingerprint density at radius 2 is 1.83 bits per heavy atom. The van der Waals surface area contributed by atoms with Crippen LogP contribution in [0.3, 0.4) is 0 Å². The van der Waals surface area contributed by atoms with Gasteiger partial charge in [0.1, 0.15) is 0 Å². The van der Waals surface area contributed by atoms with Gasteiger partial charge in [-0.2, -0.15) is 0 Å². The first-order chi connectivity index (χ1) is 10.8. The molecule has 1 aromatic rings. The van der Waals surface area contributed by atoms with Crippen LogP contribution in [0, 0.1) is 5.92 Å². The Morgan fingerprint density at radius 3 is 2.39 bits per heavy atom. The predicted molar refractivity (Wildman–Crippen MR) is 103 cm³/mol. The molecular weight excluding hydrogens is 278 g/mol. The Labute approximate surface area is 143 Å². The fourth-order valence-electron chi connectivity index (χ4n) is 3.55. The third-order valence-electron chi connectivity index (χ3n) is 5.33. The molecule has 2 atom stereocenters. The summed E-state index contributed by atoms with van der Waals surface area (Å²) in [7, 11) is 0. The van der Waals surface area contributed by atoms with Crippen molar-refractivity contribution in [3.8, 4) is 0 Å². The maximum Gasteiger partial charge on any atom is 0.0196 e. The fraction of sp³-hybridized carbons (Fsp3) is 0.636. The molecule has 1 nitrogen and oxygen atoms in total. The molecule has 1 aromatic carbocycles. The third kappa shape index (κ3) is 5.21. The molecule has 1 aliphatic rings. The Morgan fingerprint density at radius 1 is 1.17 bits per heavy atom. The lowest BCUT2D eigenvalue weighted by molar-refractivity contribution is 0.127. The summed E-state index contributed by atoms with van der Waals surface area (Å²) in [6.45, 7) is 16.2. The Hall–Kier alpha value is -1.08. The summed E-state index contributed by atoms with van der Waals surface area (Å²) >= 11 is 0. The molecule has 23 heavy (non-hydrogen) atoms. The van der Waals surface area contributed by atoms with Gasteiger partial charge in [0, 0.05) is 19.1 Å². The topological polar surface area (TPSA) is 3.24 Å². The quantitative estimate of drug-likeness (QED) is 0.669. The van der Waals surface area contributed by atoms with Crippen molar-refractivity contribution in [2.45, 2.75) is 72.3 Å². The van der Waals surface area contributed by atoms with Crippen LogP contribution in [-0.4, -0.2) is 24.0 Å². The Bertz CT molecular complexity index is 518. The lowest BCUT2D eigenvalue weighted by Gasteiger charge is -2.38. The van der Waals surface area contributed by atoms with Gasteiger partial charge in [-0.05, 0) is 49.1 Å². The van der Waals surface area contributed by atoms with Gasteiger partial charge in [-0.1, -0.05) is 70.0 Å². The molecule has 0 spiro atoms. The van der Waals surface area contributed by atoms with Crippen molar-refractivity contribution in [1.82, 2.24) is 4.90 Å². The molecule has 1 aliphatic heterocycles. The van der Waals surface area contributed by atoms with Gasteiger partial charge in [-0.25, -0.2) is 0 Å². The highest BCUT2D eigenvalue weighted by molar-refractivity contribution is 5.53. The maximum absolute atomic E-state index is 2.67. The summed E-state index contributed by atoms with van der Waals surface area (Å²) in [5, 5.41) is 0. The van der Waals surface area contributed by atoms with E-state index in [1.54, 1.807) is 0 Å². The number of hydrogen-bond donors (Lipinski definition) is 0. The van der Waals surface area contributed by atoms with E-state index in [0.717, 1.165) is 18.5 Å². The van der Waals surface area contributed by atoms with Crippen LogP contribution in [0.25, 0.3) is 6.08 Å². The predicted octanol–water partition coefficient (Wildman–Crippen LogP) is 5.90. The minimum atomic E-state index is 0.232. The Balaban J connectivity index is 2.01. The number of benzene rings is 1. The zero-order valence-electron chi connectivity index (χ0n) is 16.0.